The van der Waals surface area contributed by atoms with Gasteiger partial charge in [0, 0.05) is 30.4 Å². The summed E-state index contributed by atoms with van der Waals surface area (Å²) in [6, 6.07) is 15.0. The van der Waals surface area contributed by atoms with Crippen molar-refractivity contribution in [2.45, 2.75) is 98.5 Å². The maximum atomic E-state index is 12.7. The number of hydrogen-bond acceptors (Lipinski definition) is 28. The van der Waals surface area contributed by atoms with Crippen LogP contribution in [0.15, 0.2) is 89.4 Å². The number of benzene rings is 4. The smallest absolute Gasteiger partial charge is 0.402 e. The summed E-state index contributed by atoms with van der Waals surface area (Å²) in [5, 5.41) is 149. The fraction of sp³-hybridized carbons (Fsp3) is 0.375. The lowest BCUT2D eigenvalue weighted by Gasteiger charge is -2.40. The first-order valence-electron chi connectivity index (χ1n) is 25.8. The molecule has 3 saturated heterocycles. The van der Waals surface area contributed by atoms with Crippen LogP contribution in [0.3, 0.4) is 0 Å². The first-order valence-corrected chi connectivity index (χ1v) is 25.8. The van der Waals surface area contributed by atoms with E-state index in [-0.39, 0.29) is 45.3 Å². The number of carboxylic acids is 1. The van der Waals surface area contributed by atoms with Crippen LogP contribution >= 0.6 is 0 Å². The van der Waals surface area contributed by atoms with Crippen molar-refractivity contribution in [1.29, 1.82) is 0 Å². The molecule has 1 aromatic heterocycles. The average Bonchev–Trinajstić information content (AvgIpc) is 1.47. The molecular formula is C56H59O30+. The lowest BCUT2D eigenvalue weighted by molar-refractivity contribution is -0.278. The minimum Gasteiger partial charge on any atom is -0.507 e. The summed E-state index contributed by atoms with van der Waals surface area (Å²) in [5.41, 5.74) is 0.430. The zero-order valence-electron chi connectivity index (χ0n) is 45.0. The number of aromatic hydroxyl groups is 4. The number of aliphatic hydroxyl groups excluding tert-OH is 9. The van der Waals surface area contributed by atoms with Crippen LogP contribution in [0, 0.1) is 0 Å². The van der Waals surface area contributed by atoms with Gasteiger partial charge in [0.2, 0.25) is 24.6 Å². The van der Waals surface area contributed by atoms with Gasteiger partial charge >= 0.3 is 35.2 Å². The topological polar surface area (TPSA) is 464 Å². The zero-order valence-corrected chi connectivity index (χ0v) is 45.0. The van der Waals surface area contributed by atoms with Crippen LogP contribution < -0.4 is 23.7 Å². The highest BCUT2D eigenvalue weighted by Crippen LogP contribution is 2.44. The zero-order chi connectivity index (χ0) is 62.3. The molecule has 30 heteroatoms. The molecule has 0 amide bonds. The lowest BCUT2D eigenvalue weighted by atomic mass is 9.99. The number of phenols is 4. The number of carboxylic acid groups (broad SMARTS) is 1. The molecule has 86 heavy (non-hydrogen) atoms. The van der Waals surface area contributed by atoms with E-state index in [1.807, 2.05) is 0 Å². The highest BCUT2D eigenvalue weighted by Gasteiger charge is 2.49. The number of aliphatic hydroxyl groups is 9. The van der Waals surface area contributed by atoms with Crippen molar-refractivity contribution in [3.8, 4) is 63.1 Å². The number of ether oxygens (including phenoxy) is 11. The molecule has 8 rings (SSSR count). The lowest BCUT2D eigenvalue weighted by Crippen LogP contribution is -2.60. The third-order valence-electron chi connectivity index (χ3n) is 13.5. The minimum absolute atomic E-state index is 0.121. The number of carbonyl (C=O) groups is 4. The molecule has 0 spiro atoms. The Kier molecular flexibility index (Phi) is 20.3. The minimum atomic E-state index is -2.10. The summed E-state index contributed by atoms with van der Waals surface area (Å²) < 4.78 is 66.6. The number of aliphatic carboxylic acids is 1. The fourth-order valence-corrected chi connectivity index (χ4v) is 8.82. The highest BCUT2D eigenvalue weighted by atomic mass is 16.7. The van der Waals surface area contributed by atoms with Crippen molar-refractivity contribution in [2.24, 2.45) is 0 Å². The maximum absolute atomic E-state index is 12.7. The second-order valence-corrected chi connectivity index (χ2v) is 19.4. The van der Waals surface area contributed by atoms with Crippen LogP contribution in [0.25, 0.3) is 34.4 Å². The molecule has 0 saturated carbocycles. The Morgan fingerprint density at radius 3 is 1.41 bits per heavy atom. The summed E-state index contributed by atoms with van der Waals surface area (Å²) >= 11 is 0. The van der Waals surface area contributed by atoms with Gasteiger partial charge in [-0.1, -0.05) is 12.1 Å². The largest absolute Gasteiger partial charge is 0.507 e. The van der Waals surface area contributed by atoms with E-state index in [0.717, 1.165) is 42.5 Å². The molecule has 15 unspecified atom stereocenters. The Morgan fingerprint density at radius 2 is 0.930 bits per heavy atom. The fourth-order valence-electron chi connectivity index (χ4n) is 8.82. The first-order chi connectivity index (χ1) is 40.9. The van der Waals surface area contributed by atoms with Crippen LogP contribution in [0.5, 0.6) is 51.7 Å². The summed E-state index contributed by atoms with van der Waals surface area (Å²) in [6.45, 7) is -2.27. The van der Waals surface area contributed by atoms with Gasteiger partial charge in [-0.05, 0) is 59.7 Å². The van der Waals surface area contributed by atoms with E-state index in [4.69, 9.17) is 61.6 Å². The molecular weight excluding hydrogens is 1150 g/mol. The normalized spacial score (nSPS) is 27.5. The highest BCUT2D eigenvalue weighted by molar-refractivity contribution is 5.91. The standard InChI is InChI=1S/C56H58O30/c1-75-33-13-23(3-8-28(33)57)5-11-41(63)77-20-37-44(66)47(69)50(72)54(84-37)80-26-16-31(60)27-18-36(83-56-52(74)49(71)46(68)39(86-56)22-79-43(65)19-40(61)62)53(81-32(27)17-26)25-7-10-30(59)35(15-25)82-55-51(73)48(70)45(67)38(85-55)21-78-42(64)12-6-24-4-9-29(58)34(14-24)76-2/h3-18,37-39,44-52,54-56,66-74H,19-22H2,1-2H3,(H4-,57,58,59,60,61,62,63,64)/p+1. The molecule has 4 heterocycles. The third kappa shape index (κ3) is 14.9. The molecule has 5 aromatic rings. The molecule has 3 fully saturated rings. The van der Waals surface area contributed by atoms with Crippen molar-refractivity contribution in [1.82, 2.24) is 0 Å². The van der Waals surface area contributed by atoms with Gasteiger partial charge in [-0.25, -0.2) is 14.0 Å². The SMILES string of the molecule is COc1cc(C=CC(=O)OCC2OC(Oc3cc(O)c4cc(OC5OC(COC(=O)CC(=O)O)C(O)C(O)C5O)c(-c5ccc(O)c(OC6OC(COC(=O)C=Cc7ccc(O)c(OC)c7)C(O)C(O)C6O)c5)[o+]c4c3)C(O)C(O)C2O)ccc1O. The summed E-state index contributed by atoms with van der Waals surface area (Å²) in [4.78, 5) is 48.6. The van der Waals surface area contributed by atoms with Gasteiger partial charge in [0.1, 0.15) is 116 Å². The molecule has 3 aliphatic rings. The molecule has 4 aromatic carbocycles. The maximum Gasteiger partial charge on any atom is 0.402 e. The van der Waals surface area contributed by atoms with Gasteiger partial charge in [0.25, 0.3) is 0 Å². The van der Waals surface area contributed by atoms with Crippen LogP contribution in [0.1, 0.15) is 17.5 Å². The second-order valence-electron chi connectivity index (χ2n) is 19.4. The number of phenolic OH excluding ortho intramolecular Hbond substituents is 4. The summed E-state index contributed by atoms with van der Waals surface area (Å²) in [5.74, 6) is -7.81. The van der Waals surface area contributed by atoms with Gasteiger partial charge in [0.05, 0.1) is 25.8 Å². The van der Waals surface area contributed by atoms with Gasteiger partial charge in [-0.3, -0.25) is 9.59 Å². The molecule has 0 bridgehead atoms. The molecule has 462 valence electrons. The van der Waals surface area contributed by atoms with E-state index in [2.05, 4.69) is 0 Å². The third-order valence-corrected chi connectivity index (χ3v) is 13.5. The number of methoxy groups -OCH3 is 2. The van der Waals surface area contributed by atoms with Crippen molar-refractivity contribution < 1.29 is 147 Å². The van der Waals surface area contributed by atoms with Crippen molar-refractivity contribution >= 4 is 47.0 Å². The Hall–Kier alpha value is -8.63. The van der Waals surface area contributed by atoms with Crippen molar-refractivity contribution in [2.75, 3.05) is 34.0 Å². The van der Waals surface area contributed by atoms with E-state index < -0.39 is 171 Å². The van der Waals surface area contributed by atoms with Crippen LogP contribution in [-0.4, -0.2) is 222 Å². The molecule has 0 aliphatic carbocycles. The predicted molar refractivity (Wildman–Crippen MR) is 284 cm³/mol. The first kappa shape index (κ1) is 63.4. The Labute approximate surface area is 484 Å². The van der Waals surface area contributed by atoms with Crippen LogP contribution in [-0.2, 0) is 47.6 Å². The number of carbonyl (C=O) groups excluding carboxylic acids is 3. The van der Waals surface area contributed by atoms with Gasteiger partial charge in [0.15, 0.2) is 34.5 Å². The van der Waals surface area contributed by atoms with E-state index in [9.17, 15) is 85.6 Å². The second kappa shape index (κ2) is 27.6. The number of hydrogen-bond donors (Lipinski definition) is 14. The van der Waals surface area contributed by atoms with Gasteiger partial charge in [-0.2, -0.15) is 0 Å². The molecule has 0 radical (unpaired) electrons. The quantitative estimate of drug-likeness (QED) is 0.0142. The monoisotopic (exact) mass is 1210 g/mol. The van der Waals surface area contributed by atoms with Crippen molar-refractivity contribution in [3.63, 3.8) is 0 Å². The molecule has 14 N–H and O–H groups in total. The van der Waals surface area contributed by atoms with E-state index in [1.54, 1.807) is 0 Å². The van der Waals surface area contributed by atoms with Crippen molar-refractivity contribution in [3.05, 3.63) is 96.1 Å². The van der Waals surface area contributed by atoms with Crippen LogP contribution in [0.4, 0.5) is 0 Å². The van der Waals surface area contributed by atoms with E-state index >= 15 is 0 Å². The number of fused-ring (bicyclic) bond motifs is 1. The Morgan fingerprint density at radius 1 is 0.488 bits per heavy atom. The molecule has 30 nitrogen and oxygen atoms in total. The van der Waals surface area contributed by atoms with E-state index in [1.165, 1.54) is 68.8 Å². The summed E-state index contributed by atoms with van der Waals surface area (Å²) in [6.07, 6.45) is -24.7. The van der Waals surface area contributed by atoms with Gasteiger partial charge < -0.3 is 124 Å². The van der Waals surface area contributed by atoms with E-state index in [0.29, 0.717) is 11.1 Å². The average molecular weight is 1210 g/mol. The predicted octanol–water partition coefficient (Wildman–Crippen LogP) is -0.689. The molecule has 15 atom stereocenters. The molecule has 3 aliphatic heterocycles. The number of rotatable bonds is 21. The summed E-state index contributed by atoms with van der Waals surface area (Å²) in [7, 11) is 2.66. The number of esters is 3. The van der Waals surface area contributed by atoms with Crippen LogP contribution in [0.2, 0.25) is 0 Å². The Balaban J connectivity index is 1.06. The Bertz CT molecular complexity index is 3310. The van der Waals surface area contributed by atoms with Gasteiger partial charge in [-0.15, -0.1) is 0 Å².